The Balaban J connectivity index is 1.73. The quantitative estimate of drug-likeness (QED) is 0.654. The zero-order chi connectivity index (χ0) is 16.6. The number of hydrogen-bond donors (Lipinski definition) is 2. The van der Waals surface area contributed by atoms with E-state index in [-0.39, 0.29) is 17.7 Å². The van der Waals surface area contributed by atoms with Crippen molar-refractivity contribution in [3.63, 3.8) is 0 Å². The zero-order valence-corrected chi connectivity index (χ0v) is 12.6. The van der Waals surface area contributed by atoms with Gasteiger partial charge in [-0.1, -0.05) is 12.2 Å². The fourth-order valence-corrected chi connectivity index (χ4v) is 3.55. The predicted octanol–water partition coefficient (Wildman–Crippen LogP) is 1.93. The zero-order valence-electron chi connectivity index (χ0n) is 12.6. The third-order valence-electron chi connectivity index (χ3n) is 4.62. The molecule has 120 valence electrons. The number of esters is 1. The molecule has 3 rings (SSSR count). The van der Waals surface area contributed by atoms with E-state index in [1.54, 1.807) is 24.3 Å². The van der Waals surface area contributed by atoms with Gasteiger partial charge in [0.1, 0.15) is 0 Å². The van der Waals surface area contributed by atoms with Crippen molar-refractivity contribution in [1.82, 2.24) is 0 Å². The first-order chi connectivity index (χ1) is 11.0. The molecule has 1 amide bonds. The number of carboxylic acid groups (broad SMARTS) is 1. The normalized spacial score (nSPS) is 27.7. The van der Waals surface area contributed by atoms with Gasteiger partial charge in [0.25, 0.3) is 0 Å². The molecule has 0 heterocycles. The van der Waals surface area contributed by atoms with Crippen LogP contribution in [0, 0.1) is 23.7 Å². The van der Waals surface area contributed by atoms with Crippen LogP contribution in [0.1, 0.15) is 16.8 Å². The van der Waals surface area contributed by atoms with E-state index in [4.69, 9.17) is 0 Å². The van der Waals surface area contributed by atoms with E-state index in [1.807, 2.05) is 12.2 Å². The number of benzene rings is 1. The second-order valence-corrected chi connectivity index (χ2v) is 5.90. The van der Waals surface area contributed by atoms with Crippen LogP contribution >= 0.6 is 0 Å². The van der Waals surface area contributed by atoms with Gasteiger partial charge >= 0.3 is 11.9 Å². The van der Waals surface area contributed by atoms with Crippen molar-refractivity contribution >= 4 is 23.5 Å². The summed E-state index contributed by atoms with van der Waals surface area (Å²) < 4.78 is 4.61. The number of anilines is 1. The van der Waals surface area contributed by atoms with Crippen molar-refractivity contribution in [3.05, 3.63) is 42.0 Å². The molecule has 1 aromatic rings. The van der Waals surface area contributed by atoms with Crippen LogP contribution < -0.4 is 5.32 Å². The number of ether oxygens (including phenoxy) is 1. The van der Waals surface area contributed by atoms with Gasteiger partial charge in [0.05, 0.1) is 24.5 Å². The van der Waals surface area contributed by atoms with Crippen LogP contribution in [0.3, 0.4) is 0 Å². The molecule has 1 saturated carbocycles. The van der Waals surface area contributed by atoms with Gasteiger partial charge in [0.2, 0.25) is 5.91 Å². The molecule has 6 nitrogen and oxygen atoms in total. The standard InChI is InChI=1S/C17H17NO5/c1-23-17(22)9-4-6-12(7-5-9)18-15(19)13-10-2-3-11(8-10)14(13)16(20)21/h2-7,10-11,13-14H,8H2,1H3,(H,18,19)(H,20,21)/t10-,11+,13-,14+/m1/s1. The molecule has 0 saturated heterocycles. The number of nitrogens with one attached hydrogen (secondary N) is 1. The third kappa shape index (κ3) is 2.72. The average Bonchev–Trinajstić information content (AvgIpc) is 3.15. The molecule has 6 heteroatoms. The van der Waals surface area contributed by atoms with Crippen molar-refractivity contribution in [3.8, 4) is 0 Å². The number of hydrogen-bond acceptors (Lipinski definition) is 4. The third-order valence-corrected chi connectivity index (χ3v) is 4.62. The summed E-state index contributed by atoms with van der Waals surface area (Å²) >= 11 is 0. The Morgan fingerprint density at radius 1 is 1.09 bits per heavy atom. The Morgan fingerprint density at radius 3 is 2.26 bits per heavy atom. The lowest BCUT2D eigenvalue weighted by molar-refractivity contribution is -0.146. The molecule has 4 atom stereocenters. The summed E-state index contributed by atoms with van der Waals surface area (Å²) in [6, 6.07) is 6.31. The molecule has 1 aromatic carbocycles. The highest BCUT2D eigenvalue weighted by atomic mass is 16.5. The number of aliphatic carboxylic acids is 1. The number of fused-ring (bicyclic) bond motifs is 2. The fourth-order valence-electron chi connectivity index (χ4n) is 3.55. The van der Waals surface area contributed by atoms with Crippen LogP contribution in [-0.2, 0) is 14.3 Å². The maximum atomic E-state index is 12.5. The Morgan fingerprint density at radius 2 is 1.70 bits per heavy atom. The summed E-state index contributed by atoms with van der Waals surface area (Å²) in [5.41, 5.74) is 0.912. The van der Waals surface area contributed by atoms with Gasteiger partial charge in [0.15, 0.2) is 0 Å². The second kappa shape index (κ2) is 5.87. The molecule has 1 fully saturated rings. The Bertz CT molecular complexity index is 679. The van der Waals surface area contributed by atoms with Crippen LogP contribution in [0.25, 0.3) is 0 Å². The van der Waals surface area contributed by atoms with E-state index < -0.39 is 23.8 Å². The van der Waals surface area contributed by atoms with Gasteiger partial charge in [-0.3, -0.25) is 9.59 Å². The lowest BCUT2D eigenvalue weighted by Gasteiger charge is -2.23. The minimum Gasteiger partial charge on any atom is -0.481 e. The highest BCUT2D eigenvalue weighted by molar-refractivity contribution is 5.97. The van der Waals surface area contributed by atoms with Crippen molar-refractivity contribution in [2.75, 3.05) is 12.4 Å². The minimum absolute atomic E-state index is 0.0181. The Kier molecular flexibility index (Phi) is 3.90. The molecule has 2 N–H and O–H groups in total. The highest BCUT2D eigenvalue weighted by Crippen LogP contribution is 2.48. The first-order valence-electron chi connectivity index (χ1n) is 7.41. The number of allylic oxidation sites excluding steroid dienone is 2. The monoisotopic (exact) mass is 315 g/mol. The van der Waals surface area contributed by atoms with E-state index >= 15 is 0 Å². The van der Waals surface area contributed by atoms with Gasteiger partial charge in [-0.2, -0.15) is 0 Å². The molecule has 23 heavy (non-hydrogen) atoms. The largest absolute Gasteiger partial charge is 0.481 e. The average molecular weight is 315 g/mol. The number of amides is 1. The number of methoxy groups -OCH3 is 1. The molecule has 0 aliphatic heterocycles. The van der Waals surface area contributed by atoms with Crippen LogP contribution in [-0.4, -0.2) is 30.1 Å². The van der Waals surface area contributed by atoms with Gasteiger partial charge in [-0.05, 0) is 42.5 Å². The van der Waals surface area contributed by atoms with Crippen LogP contribution in [0.5, 0.6) is 0 Å². The van der Waals surface area contributed by atoms with E-state index in [2.05, 4.69) is 10.1 Å². The summed E-state index contributed by atoms with van der Waals surface area (Å²) in [5.74, 6) is -2.97. The number of carboxylic acids is 1. The van der Waals surface area contributed by atoms with Crippen LogP contribution in [0.2, 0.25) is 0 Å². The van der Waals surface area contributed by atoms with E-state index in [9.17, 15) is 19.5 Å². The molecular weight excluding hydrogens is 298 g/mol. The maximum absolute atomic E-state index is 12.5. The Hall–Kier alpha value is -2.63. The molecule has 0 aromatic heterocycles. The summed E-state index contributed by atoms with van der Waals surface area (Å²) in [7, 11) is 1.30. The van der Waals surface area contributed by atoms with Crippen molar-refractivity contribution in [2.45, 2.75) is 6.42 Å². The van der Waals surface area contributed by atoms with Gasteiger partial charge in [0, 0.05) is 5.69 Å². The van der Waals surface area contributed by atoms with Crippen molar-refractivity contribution in [1.29, 1.82) is 0 Å². The van der Waals surface area contributed by atoms with Crippen molar-refractivity contribution < 1.29 is 24.2 Å². The number of carbonyl (C=O) groups is 3. The summed E-state index contributed by atoms with van der Waals surface area (Å²) in [6.45, 7) is 0. The first kappa shape index (κ1) is 15.3. The van der Waals surface area contributed by atoms with Gasteiger partial charge in [-0.25, -0.2) is 4.79 Å². The van der Waals surface area contributed by atoms with Crippen LogP contribution in [0.15, 0.2) is 36.4 Å². The first-order valence-corrected chi connectivity index (χ1v) is 7.41. The summed E-state index contributed by atoms with van der Waals surface area (Å²) in [6.07, 6.45) is 4.56. The molecule has 0 unspecified atom stereocenters. The van der Waals surface area contributed by atoms with Crippen molar-refractivity contribution in [2.24, 2.45) is 23.7 Å². The van der Waals surface area contributed by atoms with E-state index in [1.165, 1.54) is 7.11 Å². The molecule has 2 bridgehead atoms. The van der Waals surface area contributed by atoms with E-state index in [0.29, 0.717) is 11.3 Å². The summed E-state index contributed by atoms with van der Waals surface area (Å²) in [5, 5.41) is 12.1. The smallest absolute Gasteiger partial charge is 0.337 e. The number of carbonyl (C=O) groups excluding carboxylic acids is 2. The maximum Gasteiger partial charge on any atom is 0.337 e. The molecular formula is C17H17NO5. The van der Waals surface area contributed by atoms with Gasteiger partial charge in [-0.15, -0.1) is 0 Å². The predicted molar refractivity (Wildman–Crippen MR) is 81.8 cm³/mol. The van der Waals surface area contributed by atoms with E-state index in [0.717, 1.165) is 6.42 Å². The fraction of sp³-hybridized carbons (Fsp3) is 0.353. The van der Waals surface area contributed by atoms with Crippen LogP contribution in [0.4, 0.5) is 5.69 Å². The minimum atomic E-state index is -0.928. The number of rotatable bonds is 4. The lowest BCUT2D eigenvalue weighted by Crippen LogP contribution is -2.36. The lowest BCUT2D eigenvalue weighted by atomic mass is 9.82. The SMILES string of the molecule is COC(=O)c1ccc(NC(=O)[C@H]2[C@@H](C(=O)O)[C@H]3C=C[C@@H]2C3)cc1. The topological polar surface area (TPSA) is 92.7 Å². The van der Waals surface area contributed by atoms with Gasteiger partial charge < -0.3 is 15.2 Å². The molecule has 0 spiro atoms. The molecule has 2 aliphatic rings. The summed E-state index contributed by atoms with van der Waals surface area (Å²) in [4.78, 5) is 35.3. The molecule has 2 aliphatic carbocycles. The Labute approximate surface area is 133 Å². The second-order valence-electron chi connectivity index (χ2n) is 5.90. The molecule has 0 radical (unpaired) electrons. The highest BCUT2D eigenvalue weighted by Gasteiger charge is 2.51.